The molecule has 1 aromatic heterocycles. The van der Waals surface area contributed by atoms with Gasteiger partial charge in [-0.05, 0) is 67.3 Å². The van der Waals surface area contributed by atoms with Crippen molar-refractivity contribution < 1.29 is 27.4 Å². The Hall–Kier alpha value is -2.83. The van der Waals surface area contributed by atoms with Crippen LogP contribution in [-0.2, 0) is 6.42 Å². The number of phenols is 1. The van der Waals surface area contributed by atoms with E-state index in [0.29, 0.717) is 16.9 Å². The lowest BCUT2D eigenvalue weighted by atomic mass is 9.92. The molecule has 1 N–H and O–H groups in total. The van der Waals surface area contributed by atoms with Gasteiger partial charge in [-0.2, -0.15) is 0 Å². The molecule has 1 saturated heterocycles. The molecule has 7 heteroatoms. The summed E-state index contributed by atoms with van der Waals surface area (Å²) in [6, 6.07) is 13.1. The van der Waals surface area contributed by atoms with Crippen LogP contribution in [0.15, 0.2) is 52.9 Å². The van der Waals surface area contributed by atoms with Crippen LogP contribution in [0.1, 0.15) is 18.6 Å². The molecular formula is C21H20F3NO3. The lowest BCUT2D eigenvalue weighted by molar-refractivity contribution is -0.274. The van der Waals surface area contributed by atoms with E-state index < -0.39 is 6.36 Å². The van der Waals surface area contributed by atoms with Gasteiger partial charge in [-0.25, -0.2) is 0 Å². The molecular weight excluding hydrogens is 371 g/mol. The van der Waals surface area contributed by atoms with E-state index in [2.05, 4.69) is 9.64 Å². The van der Waals surface area contributed by atoms with Crippen LogP contribution in [-0.4, -0.2) is 24.6 Å². The summed E-state index contributed by atoms with van der Waals surface area (Å²) in [5.41, 5.74) is 1.66. The average Bonchev–Trinajstić information content (AvgIpc) is 3.03. The molecule has 0 bridgehead atoms. The molecule has 2 heterocycles. The number of furan rings is 1. The molecule has 0 spiro atoms. The SMILES string of the molecule is Oc1ccc(N2CCC(Cc3cc4cc(OC(F)(F)F)ccc4o3)CC2)cc1. The van der Waals surface area contributed by atoms with Crippen molar-refractivity contribution in [1.82, 2.24) is 0 Å². The topological polar surface area (TPSA) is 45.8 Å². The summed E-state index contributed by atoms with van der Waals surface area (Å²) in [6.45, 7) is 1.83. The number of hydrogen-bond acceptors (Lipinski definition) is 4. The summed E-state index contributed by atoms with van der Waals surface area (Å²) < 4.78 is 46.9. The molecule has 0 radical (unpaired) electrons. The van der Waals surface area contributed by atoms with E-state index in [4.69, 9.17) is 4.42 Å². The largest absolute Gasteiger partial charge is 0.573 e. The number of aromatic hydroxyl groups is 1. The Morgan fingerprint density at radius 3 is 2.43 bits per heavy atom. The minimum atomic E-state index is -4.70. The van der Waals surface area contributed by atoms with Gasteiger partial charge in [-0.3, -0.25) is 0 Å². The molecule has 28 heavy (non-hydrogen) atoms. The van der Waals surface area contributed by atoms with Gasteiger partial charge in [0.05, 0.1) is 0 Å². The Morgan fingerprint density at radius 1 is 1.04 bits per heavy atom. The van der Waals surface area contributed by atoms with Crippen LogP contribution in [0.4, 0.5) is 18.9 Å². The monoisotopic (exact) mass is 391 g/mol. The quantitative estimate of drug-likeness (QED) is 0.638. The second-order valence-electron chi connectivity index (χ2n) is 7.11. The highest BCUT2D eigenvalue weighted by Crippen LogP contribution is 2.31. The van der Waals surface area contributed by atoms with Crippen LogP contribution in [0.3, 0.4) is 0 Å². The van der Waals surface area contributed by atoms with Crippen molar-refractivity contribution in [2.45, 2.75) is 25.6 Å². The predicted molar refractivity (Wildman–Crippen MR) is 99.6 cm³/mol. The molecule has 1 aliphatic rings. The summed E-state index contributed by atoms with van der Waals surface area (Å²) in [5, 5.41) is 10.0. The van der Waals surface area contributed by atoms with E-state index in [0.717, 1.165) is 43.8 Å². The molecule has 0 unspecified atom stereocenters. The van der Waals surface area contributed by atoms with Crippen LogP contribution in [0.25, 0.3) is 11.0 Å². The van der Waals surface area contributed by atoms with Gasteiger partial charge in [0.2, 0.25) is 0 Å². The number of alkyl halides is 3. The molecule has 4 nitrogen and oxygen atoms in total. The van der Waals surface area contributed by atoms with Gasteiger partial charge in [0, 0.05) is 30.6 Å². The normalized spacial score (nSPS) is 15.9. The summed E-state index contributed by atoms with van der Waals surface area (Å²) in [7, 11) is 0. The smallest absolute Gasteiger partial charge is 0.508 e. The van der Waals surface area contributed by atoms with Gasteiger partial charge in [-0.15, -0.1) is 13.2 Å². The van der Waals surface area contributed by atoms with E-state index in [9.17, 15) is 18.3 Å². The number of nitrogens with zero attached hydrogens (tertiary/aromatic N) is 1. The number of ether oxygens (including phenoxy) is 1. The van der Waals surface area contributed by atoms with Crippen LogP contribution >= 0.6 is 0 Å². The standard InChI is InChI=1S/C21H20F3NO3/c22-21(23,24)28-18-5-6-20-15(12-18)13-19(27-20)11-14-7-9-25(10-8-14)16-1-3-17(26)4-2-16/h1-6,12-14,26H,7-11H2. The average molecular weight is 391 g/mol. The Bertz CT molecular complexity index is 942. The first kappa shape index (κ1) is 18.5. The number of benzene rings is 2. The first-order valence-corrected chi connectivity index (χ1v) is 9.18. The third-order valence-corrected chi connectivity index (χ3v) is 5.09. The molecule has 1 fully saturated rings. The highest BCUT2D eigenvalue weighted by molar-refractivity contribution is 5.79. The maximum Gasteiger partial charge on any atom is 0.573 e. The van der Waals surface area contributed by atoms with Crippen molar-refractivity contribution >= 4 is 16.7 Å². The molecule has 1 aliphatic heterocycles. The van der Waals surface area contributed by atoms with Crippen molar-refractivity contribution in [2.24, 2.45) is 5.92 Å². The minimum Gasteiger partial charge on any atom is -0.508 e. The Labute approximate surface area is 160 Å². The minimum absolute atomic E-state index is 0.241. The van der Waals surface area contributed by atoms with Gasteiger partial charge < -0.3 is 19.2 Å². The molecule has 0 atom stereocenters. The van der Waals surface area contributed by atoms with Crippen molar-refractivity contribution in [3.63, 3.8) is 0 Å². The van der Waals surface area contributed by atoms with Crippen LogP contribution in [0.5, 0.6) is 11.5 Å². The number of piperidine rings is 1. The zero-order chi connectivity index (χ0) is 19.7. The Balaban J connectivity index is 1.38. The Morgan fingerprint density at radius 2 is 1.75 bits per heavy atom. The second-order valence-corrected chi connectivity index (χ2v) is 7.11. The maximum atomic E-state index is 12.4. The summed E-state index contributed by atoms with van der Waals surface area (Å²) in [4.78, 5) is 2.29. The van der Waals surface area contributed by atoms with E-state index in [1.807, 2.05) is 12.1 Å². The molecule has 2 aromatic carbocycles. The lowest BCUT2D eigenvalue weighted by Crippen LogP contribution is -2.34. The molecule has 0 aliphatic carbocycles. The fraction of sp³-hybridized carbons (Fsp3) is 0.333. The van der Waals surface area contributed by atoms with Gasteiger partial charge in [-0.1, -0.05) is 0 Å². The van der Waals surface area contributed by atoms with Gasteiger partial charge in [0.25, 0.3) is 0 Å². The molecule has 0 saturated carbocycles. The first-order chi connectivity index (χ1) is 13.4. The molecule has 0 amide bonds. The predicted octanol–water partition coefficient (Wildman–Crippen LogP) is 5.50. The number of fused-ring (bicyclic) bond motifs is 1. The van der Waals surface area contributed by atoms with Gasteiger partial charge in [0.1, 0.15) is 22.8 Å². The molecule has 4 rings (SSSR count). The van der Waals surface area contributed by atoms with Crippen molar-refractivity contribution in [3.05, 3.63) is 54.3 Å². The van der Waals surface area contributed by atoms with E-state index >= 15 is 0 Å². The highest BCUT2D eigenvalue weighted by Gasteiger charge is 2.31. The zero-order valence-electron chi connectivity index (χ0n) is 15.1. The third kappa shape index (κ3) is 4.35. The maximum absolute atomic E-state index is 12.4. The highest BCUT2D eigenvalue weighted by atomic mass is 19.4. The second kappa shape index (κ2) is 7.30. The molecule has 3 aromatic rings. The van der Waals surface area contributed by atoms with Crippen LogP contribution in [0, 0.1) is 5.92 Å². The molecule has 148 valence electrons. The van der Waals surface area contributed by atoms with E-state index in [-0.39, 0.29) is 11.5 Å². The fourth-order valence-corrected chi connectivity index (χ4v) is 3.72. The lowest BCUT2D eigenvalue weighted by Gasteiger charge is -2.33. The Kier molecular flexibility index (Phi) is 4.83. The summed E-state index contributed by atoms with van der Waals surface area (Å²) in [6.07, 6.45) is -1.94. The summed E-state index contributed by atoms with van der Waals surface area (Å²) in [5.74, 6) is 1.25. The van der Waals surface area contributed by atoms with E-state index in [1.165, 1.54) is 18.2 Å². The van der Waals surface area contributed by atoms with Crippen LogP contribution < -0.4 is 9.64 Å². The van der Waals surface area contributed by atoms with Crippen molar-refractivity contribution in [3.8, 4) is 11.5 Å². The number of anilines is 1. The van der Waals surface area contributed by atoms with Gasteiger partial charge in [0.15, 0.2) is 0 Å². The number of halogens is 3. The number of phenolic OH excluding ortho intramolecular Hbond substituents is 1. The first-order valence-electron chi connectivity index (χ1n) is 9.18. The third-order valence-electron chi connectivity index (χ3n) is 5.09. The van der Waals surface area contributed by atoms with Crippen molar-refractivity contribution in [2.75, 3.05) is 18.0 Å². The van der Waals surface area contributed by atoms with Crippen LogP contribution in [0.2, 0.25) is 0 Å². The number of rotatable bonds is 4. The zero-order valence-corrected chi connectivity index (χ0v) is 15.1. The van der Waals surface area contributed by atoms with Gasteiger partial charge >= 0.3 is 6.36 Å². The number of hydrogen-bond donors (Lipinski definition) is 1. The summed E-state index contributed by atoms with van der Waals surface area (Å²) >= 11 is 0. The van der Waals surface area contributed by atoms with E-state index in [1.54, 1.807) is 18.2 Å². The van der Waals surface area contributed by atoms with Crippen molar-refractivity contribution in [1.29, 1.82) is 0 Å². The fourth-order valence-electron chi connectivity index (χ4n) is 3.72.